The molecular weight excluding hydrogens is 376 g/mol. The van der Waals surface area contributed by atoms with Crippen LogP contribution in [0.2, 0.25) is 0 Å². The maximum atomic E-state index is 12.6. The second-order valence-corrected chi connectivity index (χ2v) is 8.66. The van der Waals surface area contributed by atoms with E-state index in [1.807, 2.05) is 29.2 Å². The van der Waals surface area contributed by atoms with Gasteiger partial charge in [-0.15, -0.1) is 0 Å². The van der Waals surface area contributed by atoms with Gasteiger partial charge in [-0.3, -0.25) is 9.59 Å². The first kappa shape index (κ1) is 20.7. The zero-order valence-electron chi connectivity index (χ0n) is 18.1. The van der Waals surface area contributed by atoms with Crippen LogP contribution in [0.1, 0.15) is 63.7 Å². The molecule has 2 amide bonds. The van der Waals surface area contributed by atoms with Crippen LogP contribution in [-0.4, -0.2) is 23.3 Å². The molecule has 1 aromatic carbocycles. The number of hydrogen-bond donors (Lipinski definition) is 1. The van der Waals surface area contributed by atoms with Gasteiger partial charge < -0.3 is 14.6 Å². The van der Waals surface area contributed by atoms with Gasteiger partial charge in [-0.1, -0.05) is 38.8 Å². The fourth-order valence-corrected chi connectivity index (χ4v) is 4.22. The number of amides is 2. The summed E-state index contributed by atoms with van der Waals surface area (Å²) < 4.78 is 6.13. The van der Waals surface area contributed by atoms with E-state index < -0.39 is 0 Å². The van der Waals surface area contributed by atoms with Crippen molar-refractivity contribution in [2.24, 2.45) is 11.8 Å². The molecule has 1 atom stereocenters. The number of rotatable bonds is 8. The molecule has 0 bridgehead atoms. The zero-order valence-corrected chi connectivity index (χ0v) is 18.1. The van der Waals surface area contributed by atoms with Crippen molar-refractivity contribution in [3.8, 4) is 11.3 Å². The highest BCUT2D eigenvalue weighted by molar-refractivity contribution is 5.93. The lowest BCUT2D eigenvalue weighted by atomic mass is 9.98. The highest BCUT2D eigenvalue weighted by Crippen LogP contribution is 2.35. The second-order valence-electron chi connectivity index (χ2n) is 8.66. The molecule has 4 rings (SSSR count). The molecule has 160 valence electrons. The number of nitrogens with one attached hydrogen (secondary N) is 1. The monoisotopic (exact) mass is 408 g/mol. The van der Waals surface area contributed by atoms with Gasteiger partial charge in [-0.2, -0.15) is 0 Å². The average Bonchev–Trinajstić information content (AvgIpc) is 3.52. The molecule has 30 heavy (non-hydrogen) atoms. The Labute approximate surface area is 178 Å². The molecule has 2 aliphatic rings. The summed E-state index contributed by atoms with van der Waals surface area (Å²) in [5.41, 5.74) is 2.85. The molecule has 1 N–H and O–H groups in total. The zero-order chi connectivity index (χ0) is 21.1. The van der Waals surface area contributed by atoms with Crippen molar-refractivity contribution < 1.29 is 14.0 Å². The highest BCUT2D eigenvalue weighted by Gasteiger charge is 2.35. The molecule has 5 heteroatoms. The molecule has 1 unspecified atom stereocenters. The molecule has 1 saturated carbocycles. The average molecular weight is 409 g/mol. The molecule has 1 aliphatic heterocycles. The standard InChI is InChI=1S/C25H32N2O3/c1-3-5-7-17(4-2)24(28)26-21-9-6-8-19(14-21)23-15-20-16-27(13-12-22(20)30-23)25(29)18-10-11-18/h6,8-9,14-15,17-18H,3-5,7,10-13,16H2,1-2H3,(H,26,28). The topological polar surface area (TPSA) is 62.6 Å². The Morgan fingerprint density at radius 2 is 2.07 bits per heavy atom. The Kier molecular flexibility index (Phi) is 6.26. The number of furan rings is 1. The van der Waals surface area contributed by atoms with E-state index in [-0.39, 0.29) is 17.7 Å². The third-order valence-electron chi connectivity index (χ3n) is 6.29. The Hall–Kier alpha value is -2.56. The maximum Gasteiger partial charge on any atom is 0.227 e. The number of hydrogen-bond acceptors (Lipinski definition) is 3. The Bertz CT molecular complexity index is 913. The second kappa shape index (κ2) is 9.07. The molecule has 1 aliphatic carbocycles. The van der Waals surface area contributed by atoms with Crippen LogP contribution in [0.3, 0.4) is 0 Å². The minimum atomic E-state index is 0.0551. The van der Waals surface area contributed by atoms with Crippen molar-refractivity contribution in [2.45, 2.75) is 65.3 Å². The molecule has 2 aromatic rings. The van der Waals surface area contributed by atoms with Gasteiger partial charge in [0.25, 0.3) is 0 Å². The molecule has 5 nitrogen and oxygen atoms in total. The number of nitrogens with zero attached hydrogens (tertiary/aromatic N) is 1. The number of fused-ring (bicyclic) bond motifs is 1. The highest BCUT2D eigenvalue weighted by atomic mass is 16.3. The van der Waals surface area contributed by atoms with Gasteiger partial charge in [0, 0.05) is 48.2 Å². The third-order valence-corrected chi connectivity index (χ3v) is 6.29. The summed E-state index contributed by atoms with van der Waals surface area (Å²) in [7, 11) is 0. The summed E-state index contributed by atoms with van der Waals surface area (Å²) >= 11 is 0. The van der Waals surface area contributed by atoms with E-state index in [1.165, 1.54) is 0 Å². The van der Waals surface area contributed by atoms with Crippen molar-refractivity contribution in [1.29, 1.82) is 0 Å². The summed E-state index contributed by atoms with van der Waals surface area (Å²) in [5, 5.41) is 3.08. The van der Waals surface area contributed by atoms with Crippen LogP contribution in [0.25, 0.3) is 11.3 Å². The van der Waals surface area contributed by atoms with E-state index in [0.717, 1.165) is 79.8 Å². The van der Waals surface area contributed by atoms with Crippen molar-refractivity contribution >= 4 is 17.5 Å². The first-order valence-electron chi connectivity index (χ1n) is 11.4. The van der Waals surface area contributed by atoms with Crippen LogP contribution in [0.5, 0.6) is 0 Å². The number of benzene rings is 1. The minimum Gasteiger partial charge on any atom is -0.461 e. The fraction of sp³-hybridized carbons (Fsp3) is 0.520. The summed E-state index contributed by atoms with van der Waals surface area (Å²) in [4.78, 5) is 27.0. The number of carbonyl (C=O) groups excluding carboxylic acids is 2. The van der Waals surface area contributed by atoms with Crippen LogP contribution in [-0.2, 0) is 22.6 Å². The quantitative estimate of drug-likeness (QED) is 0.636. The van der Waals surface area contributed by atoms with Crippen LogP contribution in [0.15, 0.2) is 34.7 Å². The summed E-state index contributed by atoms with van der Waals surface area (Å²) in [6.45, 7) is 5.60. The van der Waals surface area contributed by atoms with E-state index in [2.05, 4.69) is 25.2 Å². The minimum absolute atomic E-state index is 0.0551. The number of anilines is 1. The molecule has 0 saturated heterocycles. The molecule has 0 radical (unpaired) electrons. The summed E-state index contributed by atoms with van der Waals surface area (Å²) in [5.74, 6) is 2.47. The van der Waals surface area contributed by atoms with E-state index in [0.29, 0.717) is 12.5 Å². The Balaban J connectivity index is 1.45. The van der Waals surface area contributed by atoms with Gasteiger partial charge in [0.2, 0.25) is 11.8 Å². The van der Waals surface area contributed by atoms with Gasteiger partial charge in [0.15, 0.2) is 0 Å². The molecular formula is C25H32N2O3. The van der Waals surface area contributed by atoms with Crippen LogP contribution in [0, 0.1) is 11.8 Å². The molecule has 0 spiro atoms. The normalized spacial score (nSPS) is 16.8. The molecule has 1 fully saturated rings. The Morgan fingerprint density at radius 3 is 2.80 bits per heavy atom. The van der Waals surface area contributed by atoms with E-state index in [1.54, 1.807) is 0 Å². The largest absolute Gasteiger partial charge is 0.461 e. The maximum absolute atomic E-state index is 12.6. The van der Waals surface area contributed by atoms with E-state index in [9.17, 15) is 9.59 Å². The summed E-state index contributed by atoms with van der Waals surface area (Å²) in [6.07, 6.45) is 6.80. The summed E-state index contributed by atoms with van der Waals surface area (Å²) in [6, 6.07) is 9.90. The fourth-order valence-electron chi connectivity index (χ4n) is 4.22. The van der Waals surface area contributed by atoms with Crippen LogP contribution < -0.4 is 5.32 Å². The van der Waals surface area contributed by atoms with Crippen molar-refractivity contribution in [2.75, 3.05) is 11.9 Å². The van der Waals surface area contributed by atoms with Gasteiger partial charge in [-0.25, -0.2) is 0 Å². The van der Waals surface area contributed by atoms with E-state index in [4.69, 9.17) is 4.42 Å². The van der Waals surface area contributed by atoms with E-state index >= 15 is 0 Å². The third kappa shape index (κ3) is 4.61. The van der Waals surface area contributed by atoms with Gasteiger partial charge in [0.05, 0.1) is 0 Å². The SMILES string of the molecule is CCCCC(CC)C(=O)Nc1cccc(-c2cc3c(o2)CCN(C(=O)C2CC2)C3)c1. The van der Waals surface area contributed by atoms with Gasteiger partial charge >= 0.3 is 0 Å². The van der Waals surface area contributed by atoms with Crippen LogP contribution >= 0.6 is 0 Å². The number of unbranched alkanes of at least 4 members (excludes halogenated alkanes) is 1. The molecule has 2 heterocycles. The molecule has 1 aromatic heterocycles. The Morgan fingerprint density at radius 1 is 1.23 bits per heavy atom. The lowest BCUT2D eigenvalue weighted by molar-refractivity contribution is -0.133. The predicted molar refractivity (Wildman–Crippen MR) is 118 cm³/mol. The lowest BCUT2D eigenvalue weighted by Crippen LogP contribution is -2.36. The smallest absolute Gasteiger partial charge is 0.227 e. The van der Waals surface area contributed by atoms with Gasteiger partial charge in [-0.05, 0) is 43.9 Å². The predicted octanol–water partition coefficient (Wildman–Crippen LogP) is 5.40. The first-order valence-corrected chi connectivity index (χ1v) is 11.4. The number of carbonyl (C=O) groups is 2. The van der Waals surface area contributed by atoms with Crippen molar-refractivity contribution in [3.05, 3.63) is 41.7 Å². The van der Waals surface area contributed by atoms with Gasteiger partial charge in [0.1, 0.15) is 11.5 Å². The lowest BCUT2D eigenvalue weighted by Gasteiger charge is -2.26. The van der Waals surface area contributed by atoms with Crippen molar-refractivity contribution in [3.63, 3.8) is 0 Å². The van der Waals surface area contributed by atoms with Crippen LogP contribution in [0.4, 0.5) is 5.69 Å². The first-order chi connectivity index (χ1) is 14.6. The van der Waals surface area contributed by atoms with Crippen molar-refractivity contribution in [1.82, 2.24) is 4.90 Å².